The molecule has 0 heterocycles. The summed E-state index contributed by atoms with van der Waals surface area (Å²) < 4.78 is 25.3. The lowest BCUT2D eigenvalue weighted by Gasteiger charge is -2.30. The number of hydrogen-bond donors (Lipinski definition) is 0. The normalized spacial score (nSPS) is 13.6. The van der Waals surface area contributed by atoms with Crippen molar-refractivity contribution in [3.05, 3.63) is 80.3 Å². The van der Waals surface area contributed by atoms with Gasteiger partial charge in [0, 0.05) is 15.0 Å². The molecule has 0 saturated carbocycles. The van der Waals surface area contributed by atoms with E-state index in [0.717, 1.165) is 0 Å². The van der Waals surface area contributed by atoms with Gasteiger partial charge < -0.3 is 9.05 Å². The molecule has 156 valence electrons. The zero-order chi connectivity index (χ0) is 21.4. The third-order valence-electron chi connectivity index (χ3n) is 4.32. The van der Waals surface area contributed by atoms with E-state index in [4.69, 9.17) is 9.05 Å². The molecular weight excluding hydrogens is 461 g/mol. The van der Waals surface area contributed by atoms with Gasteiger partial charge in [-0.05, 0) is 25.5 Å². The maximum absolute atomic E-state index is 13.7. The molecule has 0 aliphatic carbocycles. The van der Waals surface area contributed by atoms with Crippen LogP contribution in [0.3, 0.4) is 0 Å². The fraction of sp³-hybridized carbons (Fsp3) is 0.350. The van der Waals surface area contributed by atoms with Crippen molar-refractivity contribution in [2.75, 3.05) is 19.8 Å². The van der Waals surface area contributed by atoms with E-state index in [1.165, 1.54) is 0 Å². The third kappa shape index (κ3) is 5.82. The zero-order valence-corrected chi connectivity index (χ0v) is 18.7. The SMILES string of the molecule is CCOP(=O)(OCC)C(C(=O)c1ccccc1)[C@@H](C[N+](=O)[O-])c1ccccc1Br. The minimum Gasteiger partial charge on any atom is -0.308 e. The highest BCUT2D eigenvalue weighted by atomic mass is 79.9. The maximum atomic E-state index is 13.7. The average Bonchev–Trinajstić information content (AvgIpc) is 2.68. The molecule has 0 aromatic heterocycles. The predicted octanol–water partition coefficient (Wildman–Crippen LogP) is 5.33. The number of halogens is 1. The Hall–Kier alpha value is -1.86. The molecule has 0 bridgehead atoms. The van der Waals surface area contributed by atoms with Gasteiger partial charge in [-0.15, -0.1) is 0 Å². The van der Waals surface area contributed by atoms with Crippen molar-refractivity contribution >= 4 is 29.3 Å². The Morgan fingerprint density at radius 3 is 2.14 bits per heavy atom. The number of benzene rings is 2. The number of nitro groups is 1. The average molecular weight is 484 g/mol. The Kier molecular flexibility index (Phi) is 8.71. The summed E-state index contributed by atoms with van der Waals surface area (Å²) in [6.45, 7) is 2.75. The van der Waals surface area contributed by atoms with Crippen LogP contribution in [-0.4, -0.2) is 36.1 Å². The summed E-state index contributed by atoms with van der Waals surface area (Å²) in [7, 11) is -4.02. The van der Waals surface area contributed by atoms with Gasteiger partial charge in [-0.25, -0.2) is 0 Å². The van der Waals surface area contributed by atoms with Crippen molar-refractivity contribution in [3.63, 3.8) is 0 Å². The Balaban J connectivity index is 2.70. The summed E-state index contributed by atoms with van der Waals surface area (Å²) in [4.78, 5) is 24.5. The number of rotatable bonds is 11. The van der Waals surface area contributed by atoms with Crippen molar-refractivity contribution in [2.45, 2.75) is 25.4 Å². The molecule has 2 rings (SSSR count). The Morgan fingerprint density at radius 1 is 1.07 bits per heavy atom. The monoisotopic (exact) mass is 483 g/mol. The summed E-state index contributed by atoms with van der Waals surface area (Å²) >= 11 is 3.40. The Morgan fingerprint density at radius 2 is 1.62 bits per heavy atom. The summed E-state index contributed by atoms with van der Waals surface area (Å²) in [5.74, 6) is -1.53. The fourth-order valence-electron chi connectivity index (χ4n) is 3.18. The second-order valence-corrected chi connectivity index (χ2v) is 9.20. The van der Waals surface area contributed by atoms with Gasteiger partial charge in [0.25, 0.3) is 0 Å². The van der Waals surface area contributed by atoms with Crippen molar-refractivity contribution in [1.29, 1.82) is 0 Å². The molecular formula is C20H23BrNO6P. The van der Waals surface area contributed by atoms with Crippen molar-refractivity contribution in [1.82, 2.24) is 0 Å². The standard InChI is InChI=1S/C20H23BrNO6P/c1-3-27-29(26,28-4-2)20(19(23)15-10-6-5-7-11-15)17(14-22(24)25)16-12-8-9-13-18(16)21/h5-13,17,20H,3-4,14H2,1-2H3/t17-,20?/m0/s1. The fourth-order valence-corrected chi connectivity index (χ4v) is 6.01. The van der Waals surface area contributed by atoms with E-state index < -0.39 is 36.4 Å². The third-order valence-corrected chi connectivity index (χ3v) is 7.55. The molecule has 0 aliphatic heterocycles. The molecule has 7 nitrogen and oxygen atoms in total. The number of Topliss-reactive ketones (excluding diaryl/α,β-unsaturated/α-hetero) is 1. The Labute approximate surface area is 178 Å². The molecule has 0 amide bonds. The molecule has 2 aromatic carbocycles. The van der Waals surface area contributed by atoms with Crippen LogP contribution in [0.25, 0.3) is 0 Å². The van der Waals surface area contributed by atoms with Gasteiger partial charge in [0.1, 0.15) is 5.66 Å². The van der Waals surface area contributed by atoms with Crippen LogP contribution >= 0.6 is 23.5 Å². The molecule has 0 spiro atoms. The summed E-state index contributed by atoms with van der Waals surface area (Å²) in [6.07, 6.45) is 0. The first kappa shape index (κ1) is 23.4. The largest absolute Gasteiger partial charge is 0.342 e. The van der Waals surface area contributed by atoms with E-state index in [9.17, 15) is 19.5 Å². The molecule has 0 fully saturated rings. The second-order valence-electron chi connectivity index (χ2n) is 6.19. The lowest BCUT2D eigenvalue weighted by atomic mass is 9.91. The van der Waals surface area contributed by atoms with Gasteiger partial charge in [0.05, 0.1) is 19.1 Å². The van der Waals surface area contributed by atoms with E-state index in [2.05, 4.69) is 15.9 Å². The first-order chi connectivity index (χ1) is 13.8. The molecule has 2 aromatic rings. The number of carbonyl (C=O) groups is 1. The molecule has 29 heavy (non-hydrogen) atoms. The van der Waals surface area contributed by atoms with Crippen LogP contribution in [0.1, 0.15) is 35.7 Å². The summed E-state index contributed by atoms with van der Waals surface area (Å²) in [6, 6.07) is 15.1. The van der Waals surface area contributed by atoms with Crippen LogP contribution in [0, 0.1) is 10.1 Å². The molecule has 0 radical (unpaired) electrons. The van der Waals surface area contributed by atoms with Crippen LogP contribution in [0.2, 0.25) is 0 Å². The first-order valence-electron chi connectivity index (χ1n) is 9.18. The van der Waals surface area contributed by atoms with Crippen LogP contribution in [0.5, 0.6) is 0 Å². The number of nitrogens with zero attached hydrogens (tertiary/aromatic N) is 1. The van der Waals surface area contributed by atoms with E-state index in [-0.39, 0.29) is 18.8 Å². The number of carbonyl (C=O) groups excluding carboxylic acids is 1. The number of hydrogen-bond acceptors (Lipinski definition) is 6. The van der Waals surface area contributed by atoms with Crippen molar-refractivity contribution in [2.24, 2.45) is 0 Å². The van der Waals surface area contributed by atoms with Gasteiger partial charge in [-0.3, -0.25) is 19.5 Å². The van der Waals surface area contributed by atoms with Crippen LogP contribution in [-0.2, 0) is 13.6 Å². The lowest BCUT2D eigenvalue weighted by molar-refractivity contribution is -0.483. The van der Waals surface area contributed by atoms with E-state index in [0.29, 0.717) is 10.0 Å². The quantitative estimate of drug-likeness (QED) is 0.185. The highest BCUT2D eigenvalue weighted by Crippen LogP contribution is 2.58. The lowest BCUT2D eigenvalue weighted by Crippen LogP contribution is -2.34. The molecule has 0 N–H and O–H groups in total. The summed E-state index contributed by atoms with van der Waals surface area (Å²) in [5, 5.41) is 11.5. The molecule has 0 saturated heterocycles. The van der Waals surface area contributed by atoms with Crippen LogP contribution in [0.4, 0.5) is 0 Å². The molecule has 1 unspecified atom stereocenters. The summed E-state index contributed by atoms with van der Waals surface area (Å²) in [5.41, 5.74) is -0.579. The van der Waals surface area contributed by atoms with E-state index in [1.54, 1.807) is 68.4 Å². The van der Waals surface area contributed by atoms with E-state index in [1.807, 2.05) is 0 Å². The smallest absolute Gasteiger partial charge is 0.308 e. The van der Waals surface area contributed by atoms with Gasteiger partial charge >= 0.3 is 7.60 Å². The number of ketones is 1. The van der Waals surface area contributed by atoms with Crippen molar-refractivity contribution in [3.8, 4) is 0 Å². The van der Waals surface area contributed by atoms with Gasteiger partial charge in [0.2, 0.25) is 6.54 Å². The van der Waals surface area contributed by atoms with Gasteiger partial charge in [0.15, 0.2) is 5.78 Å². The van der Waals surface area contributed by atoms with Gasteiger partial charge in [-0.1, -0.05) is 64.5 Å². The second kappa shape index (κ2) is 10.8. The molecule has 0 aliphatic rings. The maximum Gasteiger partial charge on any atom is 0.342 e. The topological polar surface area (TPSA) is 95.7 Å². The zero-order valence-electron chi connectivity index (χ0n) is 16.2. The highest BCUT2D eigenvalue weighted by Gasteiger charge is 2.49. The van der Waals surface area contributed by atoms with E-state index >= 15 is 0 Å². The van der Waals surface area contributed by atoms with Crippen LogP contribution in [0.15, 0.2) is 59.1 Å². The van der Waals surface area contributed by atoms with Gasteiger partial charge in [-0.2, -0.15) is 0 Å². The molecule has 2 atom stereocenters. The minimum atomic E-state index is -4.02. The highest BCUT2D eigenvalue weighted by molar-refractivity contribution is 9.10. The van der Waals surface area contributed by atoms with Crippen LogP contribution < -0.4 is 0 Å². The minimum absolute atomic E-state index is 0.0387. The molecule has 9 heteroatoms. The van der Waals surface area contributed by atoms with Crippen molar-refractivity contribution < 1.29 is 23.3 Å². The Bertz CT molecular complexity index is 882. The predicted molar refractivity (Wildman–Crippen MR) is 114 cm³/mol. The first-order valence-corrected chi connectivity index (χ1v) is 11.6.